The van der Waals surface area contributed by atoms with Gasteiger partial charge in [-0.15, -0.1) is 0 Å². The molecule has 1 fully saturated rings. The molecule has 0 radical (unpaired) electrons. The molecule has 0 amide bonds. The van der Waals surface area contributed by atoms with Gasteiger partial charge in [0, 0.05) is 19.5 Å². The highest BCUT2D eigenvalue weighted by atomic mass is 16.3. The Morgan fingerprint density at radius 3 is 2.30 bits per heavy atom. The van der Waals surface area contributed by atoms with Crippen LogP contribution in [-0.4, -0.2) is 54.9 Å². The molecule has 1 unspecified atom stereocenters. The first-order valence-electron chi connectivity index (χ1n) is 3.63. The number of nitrogens with zero attached hydrogens (tertiary/aromatic N) is 2. The average Bonchev–Trinajstić information content (AvgIpc) is 2.13. The summed E-state index contributed by atoms with van der Waals surface area (Å²) in [6, 6.07) is 0. The second-order valence-electron chi connectivity index (χ2n) is 3.36. The molecule has 1 N–H and O–H groups in total. The van der Waals surface area contributed by atoms with Crippen LogP contribution in [-0.2, 0) is 0 Å². The van der Waals surface area contributed by atoms with Gasteiger partial charge in [0.25, 0.3) is 0 Å². The second kappa shape index (κ2) is 2.49. The highest BCUT2D eigenvalue weighted by molar-refractivity contribution is 4.85. The molecule has 1 atom stereocenters. The maximum Gasteiger partial charge on any atom is 0.132 e. The summed E-state index contributed by atoms with van der Waals surface area (Å²) in [6.45, 7) is 1.76. The van der Waals surface area contributed by atoms with E-state index < -0.39 is 5.72 Å². The fourth-order valence-corrected chi connectivity index (χ4v) is 1.33. The van der Waals surface area contributed by atoms with Crippen molar-refractivity contribution in [2.75, 3.05) is 34.2 Å². The smallest absolute Gasteiger partial charge is 0.132 e. The van der Waals surface area contributed by atoms with Crippen LogP contribution in [0.2, 0.25) is 0 Å². The quantitative estimate of drug-likeness (QED) is 0.506. The van der Waals surface area contributed by atoms with E-state index in [-0.39, 0.29) is 0 Å². The van der Waals surface area contributed by atoms with Crippen LogP contribution < -0.4 is 0 Å². The minimum atomic E-state index is -0.575. The number of likely N-dealkylation sites (tertiary alicyclic amines) is 1. The number of hydrogen-bond acceptors (Lipinski definition) is 3. The van der Waals surface area contributed by atoms with Crippen molar-refractivity contribution >= 4 is 0 Å². The van der Waals surface area contributed by atoms with Crippen LogP contribution in [0.1, 0.15) is 6.42 Å². The lowest BCUT2D eigenvalue weighted by Gasteiger charge is -2.29. The van der Waals surface area contributed by atoms with E-state index in [1.807, 2.05) is 26.0 Å². The van der Waals surface area contributed by atoms with Gasteiger partial charge in [-0.2, -0.15) is 0 Å². The van der Waals surface area contributed by atoms with E-state index in [0.29, 0.717) is 0 Å². The molecule has 0 aliphatic carbocycles. The van der Waals surface area contributed by atoms with Gasteiger partial charge >= 0.3 is 0 Å². The summed E-state index contributed by atoms with van der Waals surface area (Å²) in [5.74, 6) is 0. The number of hydrogen-bond donors (Lipinski definition) is 1. The van der Waals surface area contributed by atoms with Crippen LogP contribution in [0.4, 0.5) is 0 Å². The number of rotatable bonds is 1. The molecule has 10 heavy (non-hydrogen) atoms. The largest absolute Gasteiger partial charge is 0.374 e. The Morgan fingerprint density at radius 2 is 2.10 bits per heavy atom. The molecule has 0 aromatic carbocycles. The third-order valence-corrected chi connectivity index (χ3v) is 2.25. The summed E-state index contributed by atoms with van der Waals surface area (Å²) < 4.78 is 0. The van der Waals surface area contributed by atoms with Crippen molar-refractivity contribution in [3.05, 3.63) is 0 Å². The Morgan fingerprint density at radius 1 is 1.50 bits per heavy atom. The Labute approximate surface area is 62.2 Å². The van der Waals surface area contributed by atoms with Crippen LogP contribution in [0.15, 0.2) is 0 Å². The van der Waals surface area contributed by atoms with Crippen molar-refractivity contribution in [1.82, 2.24) is 9.80 Å². The Kier molecular flexibility index (Phi) is 1.99. The molecule has 60 valence electrons. The third kappa shape index (κ3) is 1.31. The van der Waals surface area contributed by atoms with Crippen LogP contribution in [0, 0.1) is 0 Å². The number of β-amino-alcohol motifs (C(OH)–C–C–N with tert-alkyl or cyclic N) is 1. The second-order valence-corrected chi connectivity index (χ2v) is 3.36. The predicted molar refractivity (Wildman–Crippen MR) is 40.8 cm³/mol. The van der Waals surface area contributed by atoms with Gasteiger partial charge in [-0.05, 0) is 21.1 Å². The standard InChI is InChI=1S/C7H16N2O/c1-8(2)7(10)4-5-9(3)6-7/h10H,4-6H2,1-3H3. The molecule has 3 heteroatoms. The monoisotopic (exact) mass is 144 g/mol. The average molecular weight is 144 g/mol. The van der Waals surface area contributed by atoms with Gasteiger partial charge in [-0.25, -0.2) is 0 Å². The lowest BCUT2D eigenvalue weighted by atomic mass is 10.2. The summed E-state index contributed by atoms with van der Waals surface area (Å²) in [5.41, 5.74) is -0.575. The Bertz CT molecular complexity index is 127. The molecule has 0 aromatic heterocycles. The van der Waals surface area contributed by atoms with E-state index in [4.69, 9.17) is 0 Å². The highest BCUT2D eigenvalue weighted by Gasteiger charge is 2.35. The molecule has 0 saturated carbocycles. The zero-order valence-electron chi connectivity index (χ0n) is 6.96. The van der Waals surface area contributed by atoms with E-state index in [1.165, 1.54) is 0 Å². The summed E-state index contributed by atoms with van der Waals surface area (Å²) in [6.07, 6.45) is 0.858. The fourth-order valence-electron chi connectivity index (χ4n) is 1.33. The van der Waals surface area contributed by atoms with E-state index in [2.05, 4.69) is 4.90 Å². The number of likely N-dealkylation sites (N-methyl/N-ethyl adjacent to an activating group) is 2. The van der Waals surface area contributed by atoms with Crippen molar-refractivity contribution in [1.29, 1.82) is 0 Å². The van der Waals surface area contributed by atoms with Crippen LogP contribution in [0.5, 0.6) is 0 Å². The summed E-state index contributed by atoms with van der Waals surface area (Å²) >= 11 is 0. The predicted octanol–water partition coefficient (Wildman–Crippen LogP) is -0.428. The maximum atomic E-state index is 9.82. The topological polar surface area (TPSA) is 26.7 Å². The summed E-state index contributed by atoms with van der Waals surface area (Å²) in [5, 5.41) is 9.82. The normalized spacial score (nSPS) is 35.7. The van der Waals surface area contributed by atoms with Gasteiger partial charge < -0.3 is 10.0 Å². The van der Waals surface area contributed by atoms with Gasteiger partial charge in [0.15, 0.2) is 0 Å². The fraction of sp³-hybridized carbons (Fsp3) is 1.00. The van der Waals surface area contributed by atoms with E-state index in [9.17, 15) is 5.11 Å². The van der Waals surface area contributed by atoms with E-state index in [1.54, 1.807) is 0 Å². The Hall–Kier alpha value is -0.120. The molecular weight excluding hydrogens is 128 g/mol. The van der Waals surface area contributed by atoms with Gasteiger partial charge in [0.2, 0.25) is 0 Å². The van der Waals surface area contributed by atoms with Crippen molar-refractivity contribution in [3.63, 3.8) is 0 Å². The van der Waals surface area contributed by atoms with Crippen molar-refractivity contribution in [3.8, 4) is 0 Å². The van der Waals surface area contributed by atoms with Crippen molar-refractivity contribution < 1.29 is 5.11 Å². The molecule has 0 spiro atoms. The van der Waals surface area contributed by atoms with Crippen LogP contribution in [0.25, 0.3) is 0 Å². The van der Waals surface area contributed by atoms with Crippen molar-refractivity contribution in [2.24, 2.45) is 0 Å². The van der Waals surface area contributed by atoms with E-state index >= 15 is 0 Å². The molecule has 3 nitrogen and oxygen atoms in total. The molecule has 0 bridgehead atoms. The Balaban J connectivity index is 2.54. The zero-order valence-corrected chi connectivity index (χ0v) is 6.96. The van der Waals surface area contributed by atoms with E-state index in [0.717, 1.165) is 19.5 Å². The zero-order chi connectivity index (χ0) is 7.78. The van der Waals surface area contributed by atoms with Gasteiger partial charge in [0.1, 0.15) is 5.72 Å². The summed E-state index contributed by atoms with van der Waals surface area (Å²) in [4.78, 5) is 4.02. The minimum absolute atomic E-state index is 0.575. The highest BCUT2D eigenvalue weighted by Crippen LogP contribution is 2.21. The number of aliphatic hydroxyl groups is 1. The molecule has 1 saturated heterocycles. The SMILES string of the molecule is CN1CCC(O)(N(C)C)C1. The first kappa shape index (κ1) is 7.98. The lowest BCUT2D eigenvalue weighted by Crippen LogP contribution is -2.45. The van der Waals surface area contributed by atoms with Crippen molar-refractivity contribution in [2.45, 2.75) is 12.1 Å². The van der Waals surface area contributed by atoms with Gasteiger partial charge in [-0.3, -0.25) is 4.90 Å². The molecule has 1 aliphatic heterocycles. The molecule has 0 aromatic rings. The van der Waals surface area contributed by atoms with Crippen LogP contribution in [0.3, 0.4) is 0 Å². The minimum Gasteiger partial charge on any atom is -0.374 e. The maximum absolute atomic E-state index is 9.82. The molecular formula is C7H16N2O. The molecule has 1 rings (SSSR count). The molecule has 1 aliphatic rings. The lowest BCUT2D eigenvalue weighted by molar-refractivity contribution is -0.0698. The van der Waals surface area contributed by atoms with Gasteiger partial charge in [-0.1, -0.05) is 0 Å². The molecule has 1 heterocycles. The third-order valence-electron chi connectivity index (χ3n) is 2.25. The van der Waals surface area contributed by atoms with Crippen LogP contribution >= 0.6 is 0 Å². The first-order valence-corrected chi connectivity index (χ1v) is 3.63. The first-order chi connectivity index (χ1) is 4.54. The van der Waals surface area contributed by atoms with Gasteiger partial charge in [0.05, 0.1) is 0 Å². The summed E-state index contributed by atoms with van der Waals surface area (Å²) in [7, 11) is 5.86.